The van der Waals surface area contributed by atoms with Crippen molar-refractivity contribution in [2.45, 2.75) is 64.2 Å². The Kier molecular flexibility index (Phi) is 7.48. The second-order valence-electron chi connectivity index (χ2n) is 12.0. The Balaban J connectivity index is 1.40. The number of rotatable bonds is 7. The van der Waals surface area contributed by atoms with Crippen LogP contribution in [0.3, 0.4) is 0 Å². The summed E-state index contributed by atoms with van der Waals surface area (Å²) in [6.45, 7) is 5.84. The lowest BCUT2D eigenvalue weighted by Gasteiger charge is -2.51. The number of nitrogens with zero attached hydrogens (tertiary/aromatic N) is 2. The summed E-state index contributed by atoms with van der Waals surface area (Å²) in [6, 6.07) is 28.5. The van der Waals surface area contributed by atoms with E-state index in [9.17, 15) is 9.90 Å². The van der Waals surface area contributed by atoms with E-state index in [1.807, 2.05) is 73.8 Å². The molecule has 4 aromatic rings. The van der Waals surface area contributed by atoms with Gasteiger partial charge in [-0.3, -0.25) is 4.79 Å². The zero-order valence-corrected chi connectivity index (χ0v) is 24.1. The number of ketones is 1. The van der Waals surface area contributed by atoms with Gasteiger partial charge in [0.15, 0.2) is 5.78 Å². The number of carbonyl (C=O) groups is 1. The Morgan fingerprint density at radius 1 is 1.00 bits per heavy atom. The molecule has 0 aliphatic carbocycles. The molecule has 1 aromatic heterocycles. The van der Waals surface area contributed by atoms with Crippen LogP contribution in [0.5, 0.6) is 5.75 Å². The van der Waals surface area contributed by atoms with E-state index in [2.05, 4.69) is 40.7 Å². The third-order valence-electron chi connectivity index (χ3n) is 9.16. The fraction of sp³-hybridized carbons (Fsp3) is 0.361. The van der Waals surface area contributed by atoms with Gasteiger partial charge in [-0.15, -0.1) is 0 Å². The molecule has 212 valence electrons. The number of hydrogen-bond acceptors (Lipinski definition) is 4. The molecule has 2 aliphatic rings. The molecule has 3 atom stereocenters. The van der Waals surface area contributed by atoms with Gasteiger partial charge < -0.3 is 19.3 Å². The van der Waals surface area contributed by atoms with Crippen molar-refractivity contribution in [3.05, 3.63) is 114 Å². The maximum atomic E-state index is 12.8. The van der Waals surface area contributed by atoms with Crippen molar-refractivity contribution in [2.75, 3.05) is 13.1 Å². The number of carbonyl (C=O) groups excluding carboxylic acids is 1. The normalized spacial score (nSPS) is 24.5. The summed E-state index contributed by atoms with van der Waals surface area (Å²) in [4.78, 5) is 15.1. The minimum absolute atomic E-state index is 0.113. The number of hydrogen-bond donors (Lipinski definition) is 1. The largest absolute Gasteiger partial charge is 0.484 e. The van der Waals surface area contributed by atoms with Crippen molar-refractivity contribution in [3.8, 4) is 5.75 Å². The first-order valence-electron chi connectivity index (χ1n) is 15.0. The summed E-state index contributed by atoms with van der Waals surface area (Å²) in [5, 5.41) is 13.2. The van der Waals surface area contributed by atoms with Crippen LogP contribution in [0.1, 0.15) is 62.5 Å². The number of allylic oxidation sites excluding steroid dienone is 1. The maximum Gasteiger partial charge on any atom is 0.161 e. The van der Waals surface area contributed by atoms with E-state index in [1.54, 1.807) is 6.08 Å². The summed E-state index contributed by atoms with van der Waals surface area (Å²) in [7, 11) is 0. The molecule has 5 nitrogen and oxygen atoms in total. The van der Waals surface area contributed by atoms with E-state index in [0.29, 0.717) is 12.8 Å². The van der Waals surface area contributed by atoms with Gasteiger partial charge in [-0.1, -0.05) is 73.7 Å². The molecular formula is C36H40N2O3. The number of aromatic nitrogens is 1. The van der Waals surface area contributed by atoms with E-state index in [4.69, 9.17) is 4.74 Å². The number of aliphatic hydroxyl groups is 1. The summed E-state index contributed by atoms with van der Waals surface area (Å²) in [5.74, 6) is 0.972. The van der Waals surface area contributed by atoms with Crippen molar-refractivity contribution in [2.24, 2.45) is 5.41 Å². The van der Waals surface area contributed by atoms with E-state index in [0.717, 1.165) is 61.3 Å². The van der Waals surface area contributed by atoms with E-state index in [-0.39, 0.29) is 17.3 Å². The fourth-order valence-electron chi connectivity index (χ4n) is 7.23. The Morgan fingerprint density at radius 3 is 2.46 bits per heavy atom. The van der Waals surface area contributed by atoms with Crippen LogP contribution < -0.4 is 4.74 Å². The molecule has 5 heteroatoms. The van der Waals surface area contributed by atoms with E-state index < -0.39 is 5.72 Å². The molecule has 3 aromatic carbocycles. The van der Waals surface area contributed by atoms with E-state index in [1.165, 1.54) is 10.9 Å². The number of benzene rings is 3. The smallest absolute Gasteiger partial charge is 0.161 e. The van der Waals surface area contributed by atoms with E-state index >= 15 is 0 Å². The first-order chi connectivity index (χ1) is 19.9. The first-order valence-corrected chi connectivity index (χ1v) is 15.0. The molecule has 0 radical (unpaired) electrons. The van der Waals surface area contributed by atoms with Crippen molar-refractivity contribution in [3.63, 3.8) is 0 Å². The number of fused-ring (bicyclic) bond motifs is 4. The highest BCUT2D eigenvalue weighted by atomic mass is 16.5. The molecule has 0 saturated carbocycles. The second-order valence-corrected chi connectivity index (χ2v) is 12.0. The lowest BCUT2D eigenvalue weighted by atomic mass is 9.66. The fourth-order valence-corrected chi connectivity index (χ4v) is 7.23. The quantitative estimate of drug-likeness (QED) is 0.248. The molecule has 0 saturated heterocycles. The van der Waals surface area contributed by atoms with Crippen molar-refractivity contribution < 1.29 is 14.6 Å². The molecule has 6 rings (SSSR count). The summed E-state index contributed by atoms with van der Waals surface area (Å²) in [6.07, 6.45) is 8.16. The molecule has 3 unspecified atom stereocenters. The predicted molar refractivity (Wildman–Crippen MR) is 164 cm³/mol. The van der Waals surface area contributed by atoms with Gasteiger partial charge in [0.2, 0.25) is 0 Å². The molecule has 3 heterocycles. The number of ether oxygens (including phenoxy) is 1. The monoisotopic (exact) mass is 548 g/mol. The Labute approximate surface area is 243 Å². The third-order valence-corrected chi connectivity index (χ3v) is 9.16. The second kappa shape index (κ2) is 11.2. The maximum absolute atomic E-state index is 12.8. The van der Waals surface area contributed by atoms with Crippen LogP contribution in [0.15, 0.2) is 97.2 Å². The lowest BCUT2D eigenvalue weighted by molar-refractivity contribution is -0.127. The van der Waals surface area contributed by atoms with Crippen LogP contribution in [0.2, 0.25) is 0 Å². The summed E-state index contributed by atoms with van der Waals surface area (Å²) < 4.78 is 9.09. The minimum Gasteiger partial charge on any atom is -0.484 e. The Morgan fingerprint density at radius 2 is 1.71 bits per heavy atom. The number of para-hydroxylation sites is 2. The van der Waals surface area contributed by atoms with Crippen molar-refractivity contribution in [1.29, 1.82) is 0 Å². The highest BCUT2D eigenvalue weighted by Gasteiger charge is 2.53. The molecule has 1 N–H and O–H groups in total. The van der Waals surface area contributed by atoms with Crippen LogP contribution in [0, 0.1) is 5.41 Å². The highest BCUT2D eigenvalue weighted by molar-refractivity contribution is 5.91. The molecule has 0 fully saturated rings. The van der Waals surface area contributed by atoms with Gasteiger partial charge >= 0.3 is 0 Å². The highest BCUT2D eigenvalue weighted by Crippen LogP contribution is 2.57. The molecule has 2 bridgehead atoms. The van der Waals surface area contributed by atoms with Crippen LogP contribution in [0.4, 0.5) is 0 Å². The molecule has 0 amide bonds. The molecule has 2 aliphatic heterocycles. The molecule has 41 heavy (non-hydrogen) atoms. The van der Waals surface area contributed by atoms with Gasteiger partial charge in [0, 0.05) is 42.9 Å². The van der Waals surface area contributed by atoms with Crippen LogP contribution in [0.25, 0.3) is 10.9 Å². The van der Waals surface area contributed by atoms with Crippen LogP contribution >= 0.6 is 0 Å². The van der Waals surface area contributed by atoms with Crippen LogP contribution in [-0.2, 0) is 23.4 Å². The topological polar surface area (TPSA) is 54.7 Å². The first kappa shape index (κ1) is 27.3. The van der Waals surface area contributed by atoms with Gasteiger partial charge in [-0.05, 0) is 68.0 Å². The lowest BCUT2D eigenvalue weighted by Crippen LogP contribution is -2.49. The zero-order chi connectivity index (χ0) is 28.5. The Bertz CT molecular complexity index is 1540. The van der Waals surface area contributed by atoms with Crippen molar-refractivity contribution >= 4 is 16.7 Å². The summed E-state index contributed by atoms with van der Waals surface area (Å²) in [5.41, 5.74) is 3.14. The third kappa shape index (κ3) is 5.31. The van der Waals surface area contributed by atoms with Crippen LogP contribution in [-0.4, -0.2) is 33.4 Å². The molecule has 0 spiro atoms. The Hall–Kier alpha value is -3.83. The minimum atomic E-state index is -1.03. The predicted octanol–water partition coefficient (Wildman–Crippen LogP) is 7.19. The zero-order valence-electron chi connectivity index (χ0n) is 24.1. The average molecular weight is 549 g/mol. The van der Waals surface area contributed by atoms with Gasteiger partial charge in [-0.25, -0.2) is 0 Å². The average Bonchev–Trinajstić information content (AvgIpc) is 3.32. The van der Waals surface area contributed by atoms with Gasteiger partial charge in [0.05, 0.1) is 11.2 Å². The van der Waals surface area contributed by atoms with Crippen molar-refractivity contribution in [1.82, 2.24) is 9.47 Å². The SMILES string of the molecule is CCC12CCCN(/C=C/C(=O)Cc3ccccc3)CCc3c(n(c4ccccc34)C(C)(O)C1)C2Oc1ccccc1. The summed E-state index contributed by atoms with van der Waals surface area (Å²) >= 11 is 0. The molecular weight excluding hydrogens is 508 g/mol. The van der Waals surface area contributed by atoms with Gasteiger partial charge in [-0.2, -0.15) is 0 Å². The standard InChI is InChI=1S/C36H40N2O3/c1-3-36-21-12-22-37(23-19-28(39)25-27-13-6-4-7-14-27)24-20-31-30-17-10-11-18-32(30)38(35(2,40)26-36)33(31)34(36)41-29-15-8-5-9-16-29/h4-11,13-19,23,34,40H,3,12,20-22,24-26H2,1-2H3/b23-19+. The van der Waals surface area contributed by atoms with Gasteiger partial charge in [0.1, 0.15) is 17.6 Å². The van der Waals surface area contributed by atoms with Gasteiger partial charge in [0.25, 0.3) is 0 Å².